The molecule has 1 aliphatic heterocycles. The molecule has 0 saturated heterocycles. The second kappa shape index (κ2) is 9.38. The van der Waals surface area contributed by atoms with Crippen molar-refractivity contribution < 1.29 is 9.59 Å². The molecule has 0 aliphatic carbocycles. The van der Waals surface area contributed by atoms with E-state index in [1.54, 1.807) is 18.0 Å². The van der Waals surface area contributed by atoms with Gasteiger partial charge in [-0.25, -0.2) is 0 Å². The molecule has 1 aromatic carbocycles. The Hall–Kier alpha value is -2.34. The summed E-state index contributed by atoms with van der Waals surface area (Å²) in [6.45, 7) is 1.29. The predicted molar refractivity (Wildman–Crippen MR) is 105 cm³/mol. The lowest BCUT2D eigenvalue weighted by molar-refractivity contribution is -0.120. The van der Waals surface area contributed by atoms with Crippen LogP contribution in [0.15, 0.2) is 48.8 Å². The van der Waals surface area contributed by atoms with Crippen molar-refractivity contribution in [1.82, 2.24) is 10.3 Å². The molecule has 2 heterocycles. The molecule has 0 radical (unpaired) electrons. The Labute approximate surface area is 158 Å². The smallest absolute Gasteiger partial charge is 0.230 e. The first-order valence-corrected chi connectivity index (χ1v) is 10.0. The number of anilines is 1. The number of hydrogen-bond donors (Lipinski definition) is 1. The number of nitrogens with one attached hydrogen (secondary N) is 1. The molecule has 26 heavy (non-hydrogen) atoms. The third kappa shape index (κ3) is 5.08. The second-order valence-corrected chi connectivity index (χ2v) is 7.22. The first-order chi connectivity index (χ1) is 12.7. The van der Waals surface area contributed by atoms with Crippen molar-refractivity contribution in [3.63, 3.8) is 0 Å². The number of carbonyl (C=O) groups is 2. The summed E-state index contributed by atoms with van der Waals surface area (Å²) in [6.07, 6.45) is 5.59. The van der Waals surface area contributed by atoms with Crippen LogP contribution in [0.4, 0.5) is 5.69 Å². The van der Waals surface area contributed by atoms with Gasteiger partial charge in [-0.05, 0) is 36.1 Å². The number of thioether (sulfide) groups is 1. The SMILES string of the molecule is O=C(CSCc1cccnc1)NCCCC(=O)N1CCc2ccccc21. The maximum Gasteiger partial charge on any atom is 0.230 e. The van der Waals surface area contributed by atoms with E-state index in [9.17, 15) is 9.59 Å². The van der Waals surface area contributed by atoms with Crippen molar-refractivity contribution in [3.05, 3.63) is 59.9 Å². The summed E-state index contributed by atoms with van der Waals surface area (Å²) in [5.41, 5.74) is 3.38. The molecule has 0 saturated carbocycles. The predicted octanol–water partition coefficient (Wildman–Crippen LogP) is 2.80. The van der Waals surface area contributed by atoms with Gasteiger partial charge >= 0.3 is 0 Å². The Morgan fingerprint density at radius 1 is 1.19 bits per heavy atom. The molecule has 1 aromatic heterocycles. The van der Waals surface area contributed by atoms with Crippen LogP contribution >= 0.6 is 11.8 Å². The number of carbonyl (C=O) groups excluding carboxylic acids is 2. The Kier molecular flexibility index (Phi) is 6.66. The maximum absolute atomic E-state index is 12.4. The third-order valence-electron chi connectivity index (χ3n) is 4.30. The average Bonchev–Trinajstić information content (AvgIpc) is 3.10. The minimum Gasteiger partial charge on any atom is -0.355 e. The van der Waals surface area contributed by atoms with Gasteiger partial charge in [-0.1, -0.05) is 24.3 Å². The number of aromatic nitrogens is 1. The van der Waals surface area contributed by atoms with E-state index in [1.807, 2.05) is 41.4 Å². The van der Waals surface area contributed by atoms with E-state index >= 15 is 0 Å². The van der Waals surface area contributed by atoms with Gasteiger partial charge in [0.05, 0.1) is 5.75 Å². The number of amides is 2. The maximum atomic E-state index is 12.4. The van der Waals surface area contributed by atoms with Crippen molar-refractivity contribution in [2.75, 3.05) is 23.7 Å². The van der Waals surface area contributed by atoms with E-state index in [0.717, 1.165) is 30.0 Å². The topological polar surface area (TPSA) is 62.3 Å². The van der Waals surface area contributed by atoms with Gasteiger partial charge in [0, 0.05) is 43.3 Å². The highest BCUT2D eigenvalue weighted by Gasteiger charge is 2.23. The summed E-state index contributed by atoms with van der Waals surface area (Å²) < 4.78 is 0. The van der Waals surface area contributed by atoms with Crippen LogP contribution in [0.5, 0.6) is 0 Å². The number of fused-ring (bicyclic) bond motifs is 1. The van der Waals surface area contributed by atoms with Gasteiger partial charge in [0.1, 0.15) is 0 Å². The van der Waals surface area contributed by atoms with Crippen LogP contribution < -0.4 is 10.2 Å². The second-order valence-electron chi connectivity index (χ2n) is 6.23. The molecule has 2 aromatic rings. The van der Waals surface area contributed by atoms with Gasteiger partial charge in [-0.3, -0.25) is 14.6 Å². The van der Waals surface area contributed by atoms with Crippen molar-refractivity contribution >= 4 is 29.3 Å². The van der Waals surface area contributed by atoms with E-state index in [4.69, 9.17) is 0 Å². The summed E-state index contributed by atoms with van der Waals surface area (Å²) in [4.78, 5) is 30.2. The minimum atomic E-state index is 0.0119. The zero-order chi connectivity index (χ0) is 18.2. The fourth-order valence-corrected chi connectivity index (χ4v) is 3.79. The van der Waals surface area contributed by atoms with Crippen LogP contribution in [-0.4, -0.2) is 35.6 Å². The highest BCUT2D eigenvalue weighted by molar-refractivity contribution is 7.99. The highest BCUT2D eigenvalue weighted by atomic mass is 32.2. The number of nitrogens with zero attached hydrogens (tertiary/aromatic N) is 2. The molecule has 1 aliphatic rings. The van der Waals surface area contributed by atoms with Gasteiger partial charge in [-0.2, -0.15) is 0 Å². The average molecular weight is 369 g/mol. The molecular weight excluding hydrogens is 346 g/mol. The summed E-state index contributed by atoms with van der Waals surface area (Å²) in [5, 5.41) is 2.89. The molecule has 0 spiro atoms. The van der Waals surface area contributed by atoms with Crippen molar-refractivity contribution in [2.45, 2.75) is 25.0 Å². The largest absolute Gasteiger partial charge is 0.355 e. The highest BCUT2D eigenvalue weighted by Crippen LogP contribution is 2.27. The van der Waals surface area contributed by atoms with Gasteiger partial charge in [0.15, 0.2) is 0 Å². The Morgan fingerprint density at radius 2 is 2.08 bits per heavy atom. The van der Waals surface area contributed by atoms with Crippen molar-refractivity contribution in [1.29, 1.82) is 0 Å². The van der Waals surface area contributed by atoms with Crippen molar-refractivity contribution in [2.24, 2.45) is 0 Å². The first-order valence-electron chi connectivity index (χ1n) is 8.85. The molecule has 0 atom stereocenters. The van der Waals surface area contributed by atoms with Crippen molar-refractivity contribution in [3.8, 4) is 0 Å². The van der Waals surface area contributed by atoms with Crippen LogP contribution in [0.2, 0.25) is 0 Å². The fourth-order valence-electron chi connectivity index (χ4n) is 3.00. The molecule has 0 fully saturated rings. The Morgan fingerprint density at radius 3 is 2.92 bits per heavy atom. The number of benzene rings is 1. The lowest BCUT2D eigenvalue weighted by Crippen LogP contribution is -2.31. The molecule has 0 bridgehead atoms. The van der Waals surface area contributed by atoms with Crippen LogP contribution in [-0.2, 0) is 21.8 Å². The molecule has 2 amide bonds. The molecule has 3 rings (SSSR count). The molecule has 136 valence electrons. The van der Waals surface area contributed by atoms with Gasteiger partial charge in [-0.15, -0.1) is 11.8 Å². The van der Waals surface area contributed by atoms with E-state index in [2.05, 4.69) is 16.4 Å². The number of hydrogen-bond acceptors (Lipinski definition) is 4. The van der Waals surface area contributed by atoms with Gasteiger partial charge < -0.3 is 10.2 Å². The lowest BCUT2D eigenvalue weighted by atomic mass is 10.2. The van der Waals surface area contributed by atoms with Crippen LogP contribution in [0.1, 0.15) is 24.0 Å². The van der Waals surface area contributed by atoms with E-state index in [0.29, 0.717) is 25.1 Å². The quantitative estimate of drug-likeness (QED) is 0.727. The number of para-hydroxylation sites is 1. The van der Waals surface area contributed by atoms with E-state index in [1.165, 1.54) is 5.56 Å². The minimum absolute atomic E-state index is 0.0119. The molecule has 1 N–H and O–H groups in total. The zero-order valence-electron chi connectivity index (χ0n) is 14.7. The monoisotopic (exact) mass is 369 g/mol. The summed E-state index contributed by atoms with van der Waals surface area (Å²) in [7, 11) is 0. The zero-order valence-corrected chi connectivity index (χ0v) is 15.5. The Balaban J connectivity index is 1.30. The van der Waals surface area contributed by atoms with E-state index < -0.39 is 0 Å². The van der Waals surface area contributed by atoms with Crippen LogP contribution in [0.25, 0.3) is 0 Å². The molecular formula is C20H23N3O2S. The summed E-state index contributed by atoms with van der Waals surface area (Å²) in [6, 6.07) is 11.9. The molecule has 6 heteroatoms. The number of pyridine rings is 1. The summed E-state index contributed by atoms with van der Waals surface area (Å²) >= 11 is 1.56. The van der Waals surface area contributed by atoms with E-state index in [-0.39, 0.29) is 11.8 Å². The third-order valence-corrected chi connectivity index (χ3v) is 5.31. The Bertz CT molecular complexity index is 752. The fraction of sp³-hybridized carbons (Fsp3) is 0.350. The molecule has 0 unspecified atom stereocenters. The standard InChI is InChI=1S/C20H23N3O2S/c24-19(15-26-14-16-5-3-10-21-13-16)22-11-4-8-20(25)23-12-9-17-6-1-2-7-18(17)23/h1-3,5-7,10,13H,4,8-9,11-12,14-15H2,(H,22,24). The normalized spacial score (nSPS) is 12.7. The summed E-state index contributed by atoms with van der Waals surface area (Å²) in [5.74, 6) is 1.34. The lowest BCUT2D eigenvalue weighted by Gasteiger charge is -2.17. The van der Waals surface area contributed by atoms with Crippen LogP contribution in [0.3, 0.4) is 0 Å². The first kappa shape index (κ1) is 18.5. The molecule has 5 nitrogen and oxygen atoms in total. The van der Waals surface area contributed by atoms with Gasteiger partial charge in [0.25, 0.3) is 0 Å². The van der Waals surface area contributed by atoms with Gasteiger partial charge in [0.2, 0.25) is 11.8 Å². The number of rotatable bonds is 8. The van der Waals surface area contributed by atoms with Crippen LogP contribution in [0, 0.1) is 0 Å².